The van der Waals surface area contributed by atoms with Crippen molar-refractivity contribution in [1.82, 2.24) is 4.98 Å². The summed E-state index contributed by atoms with van der Waals surface area (Å²) in [6, 6.07) is 11.2. The molecule has 2 rings (SSSR count). The molecule has 104 valence electrons. The molecule has 0 fully saturated rings. The molecular formula is C16H17ClN2O. The zero-order chi connectivity index (χ0) is 14.5. The van der Waals surface area contributed by atoms with Crippen LogP contribution in [0.25, 0.3) is 0 Å². The second-order valence-electron chi connectivity index (χ2n) is 4.69. The summed E-state index contributed by atoms with van der Waals surface area (Å²) in [5.74, 6) is 0.148. The Kier molecular flexibility index (Phi) is 4.74. The molecule has 1 N–H and O–H groups in total. The van der Waals surface area contributed by atoms with Crippen LogP contribution in [0.5, 0.6) is 0 Å². The van der Waals surface area contributed by atoms with E-state index >= 15 is 0 Å². The normalized spacial score (nSPS) is 11.9. The quantitative estimate of drug-likeness (QED) is 0.842. The molecule has 1 heterocycles. The Labute approximate surface area is 124 Å². The Bertz CT molecular complexity index is 613. The predicted molar refractivity (Wildman–Crippen MR) is 82.3 cm³/mol. The summed E-state index contributed by atoms with van der Waals surface area (Å²) in [5, 5.41) is 3.13. The molecule has 0 aliphatic carbocycles. The minimum Gasteiger partial charge on any atom is -0.322 e. The number of anilines is 1. The highest BCUT2D eigenvalue weighted by molar-refractivity contribution is 6.33. The van der Waals surface area contributed by atoms with E-state index in [1.165, 1.54) is 0 Å². The molecular weight excluding hydrogens is 272 g/mol. The van der Waals surface area contributed by atoms with Crippen LogP contribution in [0.2, 0.25) is 5.15 Å². The Morgan fingerprint density at radius 3 is 2.75 bits per heavy atom. The summed E-state index contributed by atoms with van der Waals surface area (Å²) in [4.78, 5) is 16.2. The Morgan fingerprint density at radius 1 is 1.30 bits per heavy atom. The van der Waals surface area contributed by atoms with E-state index in [1.54, 1.807) is 18.3 Å². The van der Waals surface area contributed by atoms with Crippen LogP contribution >= 0.6 is 11.6 Å². The van der Waals surface area contributed by atoms with Crippen LogP contribution < -0.4 is 5.32 Å². The topological polar surface area (TPSA) is 42.0 Å². The molecule has 0 saturated heterocycles. The number of pyridine rings is 1. The van der Waals surface area contributed by atoms with Crippen LogP contribution in [0.3, 0.4) is 0 Å². The maximum atomic E-state index is 12.3. The molecule has 3 nitrogen and oxygen atoms in total. The monoisotopic (exact) mass is 288 g/mol. The second kappa shape index (κ2) is 6.53. The number of benzene rings is 1. The molecule has 0 aliphatic rings. The van der Waals surface area contributed by atoms with E-state index in [-0.39, 0.29) is 11.1 Å². The fourth-order valence-corrected chi connectivity index (χ4v) is 2.21. The van der Waals surface area contributed by atoms with Gasteiger partial charge in [-0.05, 0) is 36.1 Å². The lowest BCUT2D eigenvalue weighted by atomic mass is 9.97. The van der Waals surface area contributed by atoms with Gasteiger partial charge in [0.15, 0.2) is 0 Å². The van der Waals surface area contributed by atoms with Crippen LogP contribution in [-0.4, -0.2) is 10.9 Å². The first-order chi connectivity index (χ1) is 9.63. The van der Waals surface area contributed by atoms with Crippen molar-refractivity contribution in [3.63, 3.8) is 0 Å². The first-order valence-electron chi connectivity index (χ1n) is 6.64. The van der Waals surface area contributed by atoms with Crippen LogP contribution in [-0.2, 0) is 0 Å². The molecule has 4 heteroatoms. The van der Waals surface area contributed by atoms with E-state index in [0.29, 0.717) is 11.5 Å². The number of carbonyl (C=O) groups excluding carboxylic acids is 1. The van der Waals surface area contributed by atoms with Crippen molar-refractivity contribution in [3.05, 3.63) is 58.9 Å². The number of amides is 1. The fraction of sp³-hybridized carbons (Fsp3) is 0.250. The highest BCUT2D eigenvalue weighted by atomic mass is 35.5. The largest absolute Gasteiger partial charge is 0.322 e. The number of carbonyl (C=O) groups is 1. The van der Waals surface area contributed by atoms with Crippen molar-refractivity contribution in [2.45, 2.75) is 26.2 Å². The number of hydrogen-bond donors (Lipinski definition) is 1. The average molecular weight is 289 g/mol. The van der Waals surface area contributed by atoms with Gasteiger partial charge in [-0.3, -0.25) is 4.79 Å². The number of para-hydroxylation sites is 1. The van der Waals surface area contributed by atoms with Gasteiger partial charge in [-0.25, -0.2) is 4.98 Å². The number of halogens is 1. The number of nitrogens with one attached hydrogen (secondary N) is 1. The van der Waals surface area contributed by atoms with E-state index in [9.17, 15) is 4.79 Å². The van der Waals surface area contributed by atoms with Crippen molar-refractivity contribution in [2.75, 3.05) is 5.32 Å². The van der Waals surface area contributed by atoms with E-state index in [1.807, 2.05) is 24.3 Å². The van der Waals surface area contributed by atoms with E-state index in [2.05, 4.69) is 24.1 Å². The van der Waals surface area contributed by atoms with Gasteiger partial charge in [-0.1, -0.05) is 43.6 Å². The number of hydrogen-bond acceptors (Lipinski definition) is 2. The van der Waals surface area contributed by atoms with Crippen LogP contribution in [0.1, 0.15) is 42.1 Å². The van der Waals surface area contributed by atoms with Gasteiger partial charge in [0.05, 0.1) is 5.56 Å². The van der Waals surface area contributed by atoms with Gasteiger partial charge in [0, 0.05) is 11.9 Å². The highest BCUT2D eigenvalue weighted by Gasteiger charge is 2.14. The molecule has 0 aliphatic heterocycles. The van der Waals surface area contributed by atoms with Gasteiger partial charge in [0.2, 0.25) is 0 Å². The van der Waals surface area contributed by atoms with E-state index in [0.717, 1.165) is 17.7 Å². The smallest absolute Gasteiger partial charge is 0.258 e. The first kappa shape index (κ1) is 14.5. The van der Waals surface area contributed by atoms with Gasteiger partial charge in [0.25, 0.3) is 5.91 Å². The predicted octanol–water partition coefficient (Wildman–Crippen LogP) is 4.50. The molecule has 0 spiro atoms. The van der Waals surface area contributed by atoms with Gasteiger partial charge in [-0.15, -0.1) is 0 Å². The molecule has 20 heavy (non-hydrogen) atoms. The molecule has 1 amide bonds. The van der Waals surface area contributed by atoms with Crippen LogP contribution in [0.15, 0.2) is 42.6 Å². The van der Waals surface area contributed by atoms with E-state index < -0.39 is 0 Å². The Morgan fingerprint density at radius 2 is 2.05 bits per heavy atom. The summed E-state index contributed by atoms with van der Waals surface area (Å²) in [6.45, 7) is 4.27. The summed E-state index contributed by atoms with van der Waals surface area (Å²) in [7, 11) is 0. The van der Waals surface area contributed by atoms with Gasteiger partial charge >= 0.3 is 0 Å². The molecule has 0 bridgehead atoms. The fourth-order valence-electron chi connectivity index (χ4n) is 2.01. The van der Waals surface area contributed by atoms with Gasteiger partial charge in [-0.2, -0.15) is 0 Å². The molecule has 2 aromatic rings. The van der Waals surface area contributed by atoms with E-state index in [4.69, 9.17) is 11.6 Å². The lowest BCUT2D eigenvalue weighted by Crippen LogP contribution is -2.14. The third-order valence-corrected chi connectivity index (χ3v) is 3.66. The maximum Gasteiger partial charge on any atom is 0.258 e. The third-order valence-electron chi connectivity index (χ3n) is 3.36. The molecule has 0 saturated carbocycles. The number of rotatable bonds is 4. The Hall–Kier alpha value is -1.87. The highest BCUT2D eigenvalue weighted by Crippen LogP contribution is 2.27. The first-order valence-corrected chi connectivity index (χ1v) is 7.02. The summed E-state index contributed by atoms with van der Waals surface area (Å²) in [5.41, 5.74) is 2.34. The summed E-state index contributed by atoms with van der Waals surface area (Å²) in [6.07, 6.45) is 2.58. The SMILES string of the molecule is CCC(C)c1ccccc1NC(=O)c1cccnc1Cl. The number of nitrogens with zero attached hydrogens (tertiary/aromatic N) is 1. The van der Waals surface area contributed by atoms with Gasteiger partial charge < -0.3 is 5.32 Å². The molecule has 1 unspecified atom stereocenters. The van der Waals surface area contributed by atoms with Crippen molar-refractivity contribution >= 4 is 23.2 Å². The number of aromatic nitrogens is 1. The molecule has 1 aromatic carbocycles. The van der Waals surface area contributed by atoms with Crippen molar-refractivity contribution in [3.8, 4) is 0 Å². The molecule has 0 radical (unpaired) electrons. The third kappa shape index (κ3) is 3.17. The average Bonchev–Trinajstić information content (AvgIpc) is 2.47. The van der Waals surface area contributed by atoms with Crippen molar-refractivity contribution < 1.29 is 4.79 Å². The maximum absolute atomic E-state index is 12.3. The summed E-state index contributed by atoms with van der Waals surface area (Å²) < 4.78 is 0. The minimum atomic E-state index is -0.237. The van der Waals surface area contributed by atoms with Crippen molar-refractivity contribution in [1.29, 1.82) is 0 Å². The zero-order valence-corrected chi connectivity index (χ0v) is 12.3. The molecule has 1 atom stereocenters. The second-order valence-corrected chi connectivity index (χ2v) is 5.05. The summed E-state index contributed by atoms with van der Waals surface area (Å²) >= 11 is 5.94. The molecule has 1 aromatic heterocycles. The minimum absolute atomic E-state index is 0.214. The Balaban J connectivity index is 2.27. The lowest BCUT2D eigenvalue weighted by Gasteiger charge is -2.15. The van der Waals surface area contributed by atoms with Crippen molar-refractivity contribution in [2.24, 2.45) is 0 Å². The standard InChI is InChI=1S/C16H17ClN2O/c1-3-11(2)12-7-4-5-9-14(12)19-16(20)13-8-6-10-18-15(13)17/h4-11H,3H2,1-2H3,(H,19,20). The van der Waals surface area contributed by atoms with Gasteiger partial charge in [0.1, 0.15) is 5.15 Å². The van der Waals surface area contributed by atoms with Crippen LogP contribution in [0.4, 0.5) is 5.69 Å². The van der Waals surface area contributed by atoms with Crippen LogP contribution in [0, 0.1) is 0 Å². The lowest BCUT2D eigenvalue weighted by molar-refractivity contribution is 0.102. The zero-order valence-electron chi connectivity index (χ0n) is 11.6.